The Morgan fingerprint density at radius 3 is 2.94 bits per heavy atom. The molecule has 0 saturated carbocycles. The highest BCUT2D eigenvalue weighted by atomic mass is 16.5. The average Bonchev–Trinajstić information content (AvgIpc) is 3.23. The van der Waals surface area contributed by atoms with Gasteiger partial charge in [0.15, 0.2) is 5.82 Å². The van der Waals surface area contributed by atoms with Crippen molar-refractivity contribution in [3.05, 3.63) is 76.5 Å². The van der Waals surface area contributed by atoms with E-state index in [-0.39, 0.29) is 5.56 Å². The molecule has 4 aromatic heterocycles. The summed E-state index contributed by atoms with van der Waals surface area (Å²) in [5.41, 5.74) is 2.85. The van der Waals surface area contributed by atoms with Crippen LogP contribution in [0.25, 0.3) is 16.9 Å². The number of rotatable bonds is 7. The van der Waals surface area contributed by atoms with Crippen molar-refractivity contribution in [1.29, 1.82) is 0 Å². The van der Waals surface area contributed by atoms with E-state index in [9.17, 15) is 4.79 Å². The van der Waals surface area contributed by atoms with Gasteiger partial charge in [0.05, 0.1) is 12.3 Å². The van der Waals surface area contributed by atoms with E-state index >= 15 is 0 Å². The monoisotopic (exact) mass is 416 g/mol. The summed E-state index contributed by atoms with van der Waals surface area (Å²) in [6.07, 6.45) is 6.85. The Morgan fingerprint density at radius 2 is 2.03 bits per heavy atom. The molecule has 1 N–H and O–H groups in total. The molecule has 1 aliphatic rings. The first kappa shape index (κ1) is 19.4. The maximum atomic E-state index is 11.4. The van der Waals surface area contributed by atoms with E-state index in [1.165, 1.54) is 17.3 Å². The molecule has 5 heterocycles. The Bertz CT molecular complexity index is 1230. The summed E-state index contributed by atoms with van der Waals surface area (Å²) in [4.78, 5) is 25.4. The lowest BCUT2D eigenvalue weighted by molar-refractivity contribution is 0.232. The summed E-state index contributed by atoms with van der Waals surface area (Å²) in [5, 5.41) is 5.60. The number of aromatic nitrogens is 5. The highest BCUT2D eigenvalue weighted by Crippen LogP contribution is 2.19. The van der Waals surface area contributed by atoms with Crippen LogP contribution in [0.1, 0.15) is 24.1 Å². The molecule has 0 bridgehead atoms. The number of nitrogens with zero attached hydrogens (tertiary/aromatic N) is 5. The predicted octanol–water partition coefficient (Wildman–Crippen LogP) is 2.72. The average molecular weight is 416 g/mol. The minimum atomic E-state index is -0.160. The summed E-state index contributed by atoms with van der Waals surface area (Å²) in [7, 11) is 0. The highest BCUT2D eigenvalue weighted by molar-refractivity contribution is 5.74. The predicted molar refractivity (Wildman–Crippen MR) is 117 cm³/mol. The Balaban J connectivity index is 1.10. The van der Waals surface area contributed by atoms with Crippen LogP contribution >= 0.6 is 0 Å². The SMILES string of the molecule is O=c1ccc2ccc(OCCCCN3CCc4nn(-c5ccccn5)cc4C3)nc2[nH]1. The van der Waals surface area contributed by atoms with E-state index in [0.29, 0.717) is 18.1 Å². The second kappa shape index (κ2) is 8.69. The topological polar surface area (TPSA) is 88.9 Å². The Kier molecular flexibility index (Phi) is 5.45. The molecule has 31 heavy (non-hydrogen) atoms. The van der Waals surface area contributed by atoms with Crippen molar-refractivity contribution < 1.29 is 4.74 Å². The van der Waals surface area contributed by atoms with Crippen molar-refractivity contribution in [2.24, 2.45) is 0 Å². The van der Waals surface area contributed by atoms with E-state index in [2.05, 4.69) is 26.0 Å². The quantitative estimate of drug-likeness (QED) is 0.466. The molecule has 0 aliphatic carbocycles. The number of aromatic amines is 1. The molecule has 158 valence electrons. The van der Waals surface area contributed by atoms with Gasteiger partial charge in [-0.1, -0.05) is 6.07 Å². The fourth-order valence-corrected chi connectivity index (χ4v) is 3.87. The van der Waals surface area contributed by atoms with Gasteiger partial charge in [0.25, 0.3) is 0 Å². The van der Waals surface area contributed by atoms with Gasteiger partial charge >= 0.3 is 0 Å². The van der Waals surface area contributed by atoms with Crippen LogP contribution < -0.4 is 10.3 Å². The van der Waals surface area contributed by atoms with Gasteiger partial charge in [-0.3, -0.25) is 9.69 Å². The molecule has 0 unspecified atom stereocenters. The first-order chi connectivity index (χ1) is 15.2. The van der Waals surface area contributed by atoms with Gasteiger partial charge in [0, 0.05) is 55.0 Å². The molecule has 8 nitrogen and oxygen atoms in total. The normalized spacial score (nSPS) is 13.9. The third-order valence-electron chi connectivity index (χ3n) is 5.50. The molecule has 0 spiro atoms. The molecule has 0 radical (unpaired) electrons. The Labute approximate surface area is 179 Å². The van der Waals surface area contributed by atoms with Crippen LogP contribution in [-0.2, 0) is 13.0 Å². The zero-order valence-corrected chi connectivity index (χ0v) is 17.2. The minimum Gasteiger partial charge on any atom is -0.478 e. The van der Waals surface area contributed by atoms with Gasteiger partial charge in [-0.15, -0.1) is 0 Å². The van der Waals surface area contributed by atoms with Crippen LogP contribution in [0.3, 0.4) is 0 Å². The zero-order chi connectivity index (χ0) is 21.0. The van der Waals surface area contributed by atoms with Crippen molar-refractivity contribution in [3.8, 4) is 11.7 Å². The van der Waals surface area contributed by atoms with E-state index in [1.807, 2.05) is 35.0 Å². The zero-order valence-electron chi connectivity index (χ0n) is 17.2. The van der Waals surface area contributed by atoms with E-state index in [4.69, 9.17) is 9.84 Å². The van der Waals surface area contributed by atoms with Crippen LogP contribution in [0, 0.1) is 0 Å². The molecule has 5 rings (SSSR count). The fraction of sp³-hybridized carbons (Fsp3) is 0.304. The molecule has 8 heteroatoms. The van der Waals surface area contributed by atoms with Gasteiger partial charge in [-0.25, -0.2) is 9.67 Å². The largest absolute Gasteiger partial charge is 0.478 e. The third kappa shape index (κ3) is 4.49. The van der Waals surface area contributed by atoms with Crippen molar-refractivity contribution in [1.82, 2.24) is 29.6 Å². The Hall–Kier alpha value is -3.52. The number of fused-ring (bicyclic) bond motifs is 2. The van der Waals surface area contributed by atoms with Gasteiger partial charge in [-0.2, -0.15) is 10.1 Å². The summed E-state index contributed by atoms with van der Waals surface area (Å²) < 4.78 is 7.66. The lowest BCUT2D eigenvalue weighted by Crippen LogP contribution is -2.31. The summed E-state index contributed by atoms with van der Waals surface area (Å²) in [6.45, 7) is 3.57. The smallest absolute Gasteiger partial charge is 0.249 e. The molecule has 0 fully saturated rings. The second-order valence-corrected chi connectivity index (χ2v) is 7.73. The molecule has 0 amide bonds. The van der Waals surface area contributed by atoms with Crippen LogP contribution in [0.4, 0.5) is 0 Å². The summed E-state index contributed by atoms with van der Waals surface area (Å²) >= 11 is 0. The first-order valence-corrected chi connectivity index (χ1v) is 10.6. The number of unbranched alkanes of at least 4 members (excludes halogenated alkanes) is 1. The van der Waals surface area contributed by atoms with E-state index < -0.39 is 0 Å². The first-order valence-electron chi connectivity index (χ1n) is 10.6. The van der Waals surface area contributed by atoms with E-state index in [0.717, 1.165) is 50.1 Å². The Morgan fingerprint density at radius 1 is 1.10 bits per heavy atom. The van der Waals surface area contributed by atoms with Gasteiger partial charge in [0.2, 0.25) is 11.4 Å². The third-order valence-corrected chi connectivity index (χ3v) is 5.50. The molecule has 1 aliphatic heterocycles. The molecular formula is C23H24N6O2. The number of pyridine rings is 3. The molecule has 0 aromatic carbocycles. The lowest BCUT2D eigenvalue weighted by atomic mass is 10.1. The lowest BCUT2D eigenvalue weighted by Gasteiger charge is -2.25. The molecule has 4 aromatic rings. The van der Waals surface area contributed by atoms with Crippen molar-refractivity contribution in [2.75, 3.05) is 19.7 Å². The van der Waals surface area contributed by atoms with Crippen LogP contribution in [0.2, 0.25) is 0 Å². The number of H-pyrrole nitrogens is 1. The van der Waals surface area contributed by atoms with Crippen LogP contribution in [0.15, 0.2) is 59.7 Å². The van der Waals surface area contributed by atoms with Gasteiger partial charge in [-0.05, 0) is 43.7 Å². The number of hydrogen-bond acceptors (Lipinski definition) is 6. The van der Waals surface area contributed by atoms with Gasteiger partial charge < -0.3 is 9.72 Å². The molecule has 0 atom stereocenters. The standard InChI is InChI=1S/C23H24N6O2/c30-21-8-6-17-7-9-22(26-23(17)25-21)31-14-4-3-12-28-13-10-19-18(15-28)16-29(27-19)20-5-1-2-11-24-20/h1-2,5-9,11,16H,3-4,10,12-15H2,(H,25,26,30). The van der Waals surface area contributed by atoms with Crippen LogP contribution in [0.5, 0.6) is 5.88 Å². The van der Waals surface area contributed by atoms with Crippen molar-refractivity contribution in [3.63, 3.8) is 0 Å². The number of nitrogens with one attached hydrogen (secondary N) is 1. The second-order valence-electron chi connectivity index (χ2n) is 7.73. The minimum absolute atomic E-state index is 0.160. The maximum Gasteiger partial charge on any atom is 0.249 e. The van der Waals surface area contributed by atoms with Crippen molar-refractivity contribution >= 4 is 11.0 Å². The summed E-state index contributed by atoms with van der Waals surface area (Å²) in [5.74, 6) is 1.39. The van der Waals surface area contributed by atoms with Crippen molar-refractivity contribution in [2.45, 2.75) is 25.8 Å². The number of ether oxygens (including phenoxy) is 1. The number of hydrogen-bond donors (Lipinski definition) is 1. The van der Waals surface area contributed by atoms with E-state index in [1.54, 1.807) is 12.3 Å². The molecular weight excluding hydrogens is 392 g/mol. The maximum absolute atomic E-state index is 11.4. The van der Waals surface area contributed by atoms with Crippen LogP contribution in [-0.4, -0.2) is 49.3 Å². The fourth-order valence-electron chi connectivity index (χ4n) is 3.87. The molecule has 0 saturated heterocycles. The summed E-state index contributed by atoms with van der Waals surface area (Å²) in [6, 6.07) is 12.9. The van der Waals surface area contributed by atoms with Gasteiger partial charge in [0.1, 0.15) is 5.65 Å². The highest BCUT2D eigenvalue weighted by Gasteiger charge is 2.19.